The molecule has 1 heterocycles. The maximum atomic E-state index is 11.2. The molecule has 1 N–H and O–H groups in total. The minimum absolute atomic E-state index is 0.0532. The predicted molar refractivity (Wildman–Crippen MR) is 56.1 cm³/mol. The lowest BCUT2D eigenvalue weighted by molar-refractivity contribution is 0.179. The largest absolute Gasteiger partial charge is 0.381 e. The first kappa shape index (κ1) is 11.9. The highest BCUT2D eigenvalue weighted by Gasteiger charge is 2.27. The van der Waals surface area contributed by atoms with E-state index in [9.17, 15) is 8.42 Å². The van der Waals surface area contributed by atoms with Gasteiger partial charge in [0.2, 0.25) is 0 Å². The standard InChI is InChI=1S/C9H19NO3S/c1-3-10-9(7-14(2,11)12)8-4-5-13-6-8/h8-10H,3-7H2,1-2H3. The molecule has 2 atom stereocenters. The lowest BCUT2D eigenvalue weighted by Crippen LogP contribution is -2.41. The fourth-order valence-electron chi connectivity index (χ4n) is 1.82. The van der Waals surface area contributed by atoms with E-state index in [1.54, 1.807) is 0 Å². The summed E-state index contributed by atoms with van der Waals surface area (Å²) in [6, 6.07) is 0.0532. The van der Waals surface area contributed by atoms with Crippen molar-refractivity contribution in [3.05, 3.63) is 0 Å². The van der Waals surface area contributed by atoms with Crippen molar-refractivity contribution in [2.24, 2.45) is 5.92 Å². The maximum Gasteiger partial charge on any atom is 0.148 e. The van der Waals surface area contributed by atoms with Gasteiger partial charge in [-0.2, -0.15) is 0 Å². The van der Waals surface area contributed by atoms with E-state index in [-0.39, 0.29) is 11.8 Å². The van der Waals surface area contributed by atoms with Crippen LogP contribution in [-0.4, -0.2) is 46.2 Å². The number of hydrogen-bond acceptors (Lipinski definition) is 4. The van der Waals surface area contributed by atoms with E-state index in [1.165, 1.54) is 6.26 Å². The van der Waals surface area contributed by atoms with Crippen molar-refractivity contribution >= 4 is 9.84 Å². The Morgan fingerprint density at radius 2 is 2.29 bits per heavy atom. The zero-order valence-electron chi connectivity index (χ0n) is 8.82. The number of hydrogen-bond donors (Lipinski definition) is 1. The van der Waals surface area contributed by atoms with Gasteiger partial charge < -0.3 is 10.1 Å². The lowest BCUT2D eigenvalue weighted by Gasteiger charge is -2.22. The molecule has 5 heteroatoms. The third-order valence-corrected chi connectivity index (χ3v) is 3.45. The summed E-state index contributed by atoms with van der Waals surface area (Å²) in [7, 11) is -2.90. The molecule has 4 nitrogen and oxygen atoms in total. The van der Waals surface area contributed by atoms with Crippen LogP contribution in [0.2, 0.25) is 0 Å². The minimum Gasteiger partial charge on any atom is -0.381 e. The Labute approximate surface area is 85.9 Å². The van der Waals surface area contributed by atoms with Crippen molar-refractivity contribution < 1.29 is 13.2 Å². The van der Waals surface area contributed by atoms with Crippen molar-refractivity contribution in [3.63, 3.8) is 0 Å². The zero-order chi connectivity index (χ0) is 10.6. The molecular formula is C9H19NO3S. The number of nitrogens with one attached hydrogen (secondary N) is 1. The number of ether oxygens (including phenoxy) is 1. The SMILES string of the molecule is CCNC(CS(C)(=O)=O)C1CCOC1. The summed E-state index contributed by atoms with van der Waals surface area (Å²) in [6.07, 6.45) is 2.25. The van der Waals surface area contributed by atoms with Gasteiger partial charge in [0.1, 0.15) is 9.84 Å². The zero-order valence-corrected chi connectivity index (χ0v) is 9.64. The first-order chi connectivity index (χ1) is 6.53. The average molecular weight is 221 g/mol. The van der Waals surface area contributed by atoms with Crippen molar-refractivity contribution in [2.75, 3.05) is 31.8 Å². The second kappa shape index (κ2) is 5.09. The van der Waals surface area contributed by atoms with Crippen LogP contribution in [0.15, 0.2) is 0 Å². The van der Waals surface area contributed by atoms with Crippen LogP contribution in [0.25, 0.3) is 0 Å². The molecule has 1 rings (SSSR count). The predicted octanol–water partition coefficient (Wildman–Crippen LogP) is 0.0456. The summed E-state index contributed by atoms with van der Waals surface area (Å²) in [5, 5.41) is 3.22. The molecular weight excluding hydrogens is 202 g/mol. The van der Waals surface area contributed by atoms with Gasteiger partial charge in [-0.25, -0.2) is 8.42 Å². The Bertz CT molecular complexity index is 257. The van der Waals surface area contributed by atoms with E-state index in [0.29, 0.717) is 12.5 Å². The molecule has 14 heavy (non-hydrogen) atoms. The molecule has 0 aromatic rings. The smallest absolute Gasteiger partial charge is 0.148 e. The van der Waals surface area contributed by atoms with Crippen molar-refractivity contribution in [3.8, 4) is 0 Å². The molecule has 0 aromatic heterocycles. The highest BCUT2D eigenvalue weighted by atomic mass is 32.2. The molecule has 0 spiro atoms. The summed E-state index contributed by atoms with van der Waals surface area (Å²) in [5.74, 6) is 0.569. The second-order valence-corrected chi connectivity index (χ2v) is 6.07. The fraction of sp³-hybridized carbons (Fsp3) is 1.00. The molecule has 1 aliphatic rings. The second-order valence-electron chi connectivity index (χ2n) is 3.88. The van der Waals surface area contributed by atoms with Crippen LogP contribution in [0.1, 0.15) is 13.3 Å². The van der Waals surface area contributed by atoms with Crippen molar-refractivity contribution in [2.45, 2.75) is 19.4 Å². The van der Waals surface area contributed by atoms with E-state index in [2.05, 4.69) is 5.32 Å². The number of rotatable bonds is 5. The van der Waals surface area contributed by atoms with Gasteiger partial charge in [-0.1, -0.05) is 6.92 Å². The Kier molecular flexibility index (Phi) is 4.34. The fourth-order valence-corrected chi connectivity index (χ4v) is 2.86. The maximum absolute atomic E-state index is 11.2. The van der Waals surface area contributed by atoms with Gasteiger partial charge in [-0.15, -0.1) is 0 Å². The van der Waals surface area contributed by atoms with Crippen LogP contribution in [-0.2, 0) is 14.6 Å². The van der Waals surface area contributed by atoms with Crippen LogP contribution < -0.4 is 5.32 Å². The van der Waals surface area contributed by atoms with E-state index in [1.807, 2.05) is 6.92 Å². The Hall–Kier alpha value is -0.130. The summed E-state index contributed by atoms with van der Waals surface area (Å²) in [4.78, 5) is 0. The van der Waals surface area contributed by atoms with Gasteiger partial charge in [-0.05, 0) is 13.0 Å². The summed E-state index contributed by atoms with van der Waals surface area (Å²) in [6.45, 7) is 4.24. The van der Waals surface area contributed by atoms with Gasteiger partial charge in [0, 0.05) is 24.8 Å². The van der Waals surface area contributed by atoms with Crippen LogP contribution in [0.5, 0.6) is 0 Å². The molecule has 0 saturated carbocycles. The topological polar surface area (TPSA) is 55.4 Å². The first-order valence-corrected chi connectivity index (χ1v) is 7.08. The van der Waals surface area contributed by atoms with Crippen LogP contribution in [0.3, 0.4) is 0 Å². The quantitative estimate of drug-likeness (QED) is 0.712. The summed E-state index contributed by atoms with van der Waals surface area (Å²) >= 11 is 0. The van der Waals surface area contributed by atoms with Crippen LogP contribution in [0, 0.1) is 5.92 Å². The molecule has 1 fully saturated rings. The molecule has 0 aliphatic carbocycles. The van der Waals surface area contributed by atoms with Gasteiger partial charge >= 0.3 is 0 Å². The molecule has 2 unspecified atom stereocenters. The molecule has 0 amide bonds. The Morgan fingerprint density at radius 3 is 2.71 bits per heavy atom. The molecule has 84 valence electrons. The van der Waals surface area contributed by atoms with Gasteiger partial charge in [0.25, 0.3) is 0 Å². The molecule has 0 radical (unpaired) electrons. The molecule has 1 aliphatic heterocycles. The summed E-state index contributed by atoms with van der Waals surface area (Å²) < 4.78 is 27.6. The third kappa shape index (κ3) is 3.94. The normalized spacial score (nSPS) is 25.1. The van der Waals surface area contributed by atoms with E-state index < -0.39 is 9.84 Å². The van der Waals surface area contributed by atoms with Crippen LogP contribution >= 0.6 is 0 Å². The summed E-state index contributed by atoms with van der Waals surface area (Å²) in [5.41, 5.74) is 0. The average Bonchev–Trinajstić information content (AvgIpc) is 2.52. The van der Waals surface area contributed by atoms with Crippen LogP contribution in [0.4, 0.5) is 0 Å². The molecule has 0 aromatic carbocycles. The monoisotopic (exact) mass is 221 g/mol. The van der Waals surface area contributed by atoms with Gasteiger partial charge in [0.05, 0.1) is 12.4 Å². The molecule has 1 saturated heterocycles. The van der Waals surface area contributed by atoms with Gasteiger partial charge in [-0.3, -0.25) is 0 Å². The van der Waals surface area contributed by atoms with Gasteiger partial charge in [0.15, 0.2) is 0 Å². The number of sulfone groups is 1. The van der Waals surface area contributed by atoms with E-state index >= 15 is 0 Å². The third-order valence-electron chi connectivity index (χ3n) is 2.48. The van der Waals surface area contributed by atoms with E-state index in [4.69, 9.17) is 4.74 Å². The minimum atomic E-state index is -2.90. The highest BCUT2D eigenvalue weighted by Crippen LogP contribution is 2.17. The van der Waals surface area contributed by atoms with E-state index in [0.717, 1.165) is 19.6 Å². The highest BCUT2D eigenvalue weighted by molar-refractivity contribution is 7.90. The molecule has 0 bridgehead atoms. The first-order valence-electron chi connectivity index (χ1n) is 5.02. The Morgan fingerprint density at radius 1 is 1.57 bits per heavy atom. The Balaban J connectivity index is 2.54. The van der Waals surface area contributed by atoms with Crippen molar-refractivity contribution in [1.29, 1.82) is 0 Å². The van der Waals surface area contributed by atoms with Crippen molar-refractivity contribution in [1.82, 2.24) is 5.32 Å². The lowest BCUT2D eigenvalue weighted by atomic mass is 10.0.